The Morgan fingerprint density at radius 3 is 1.24 bits per heavy atom. The summed E-state index contributed by atoms with van der Waals surface area (Å²) in [6, 6.07) is -1.04. The molecular weight excluding hydrogens is 1060 g/mol. The lowest BCUT2D eigenvalue weighted by Crippen LogP contribution is -2.61. The van der Waals surface area contributed by atoms with Crippen LogP contribution in [0.4, 0.5) is 0 Å². The maximum absolute atomic E-state index is 13.4. The van der Waals surface area contributed by atoms with E-state index in [-0.39, 0.29) is 19.4 Å². The summed E-state index contributed by atoms with van der Waals surface area (Å²) in [5, 5.41) is 57.2. The fraction of sp³-hybridized carbons (Fsp3) is 0.757. The van der Waals surface area contributed by atoms with Crippen LogP contribution in [0, 0.1) is 0 Å². The SMILES string of the molecule is CCCCC/C=C\C/C=C\C/C=C\C/C=C\CCCCCCCCCCCCCC(=O)OC1C(OCC(NC(=O)C(O)CCCCC/C=C\C/C=C\C/C=C\CCCCC)C(O)/C=C/CCCCCCCCCCCCC)OC(CO)C(O)C1O. The van der Waals surface area contributed by atoms with E-state index >= 15 is 0 Å². The van der Waals surface area contributed by atoms with Crippen molar-refractivity contribution in [3.63, 3.8) is 0 Å². The summed E-state index contributed by atoms with van der Waals surface area (Å²) < 4.78 is 17.7. The number of carbonyl (C=O) groups is 2. The van der Waals surface area contributed by atoms with Gasteiger partial charge in [0.05, 0.1) is 25.4 Å². The van der Waals surface area contributed by atoms with Gasteiger partial charge in [0.25, 0.3) is 0 Å². The highest BCUT2D eigenvalue weighted by atomic mass is 16.7. The van der Waals surface area contributed by atoms with Crippen LogP contribution < -0.4 is 5.32 Å². The van der Waals surface area contributed by atoms with Crippen LogP contribution >= 0.6 is 0 Å². The van der Waals surface area contributed by atoms with Gasteiger partial charge in [-0.2, -0.15) is 0 Å². The number of aliphatic hydroxyl groups excluding tert-OH is 5. The maximum atomic E-state index is 13.4. The van der Waals surface area contributed by atoms with E-state index in [2.05, 4.69) is 111 Å². The molecule has 0 spiro atoms. The zero-order valence-corrected chi connectivity index (χ0v) is 54.5. The fourth-order valence-corrected chi connectivity index (χ4v) is 10.4. The van der Waals surface area contributed by atoms with E-state index < -0.39 is 67.4 Å². The van der Waals surface area contributed by atoms with Crippen LogP contribution in [-0.4, -0.2) is 99.6 Å². The van der Waals surface area contributed by atoms with E-state index in [0.717, 1.165) is 103 Å². The topological polar surface area (TPSA) is 175 Å². The summed E-state index contributed by atoms with van der Waals surface area (Å²) in [5.74, 6) is -1.22. The Hall–Kier alpha value is -3.42. The quantitative estimate of drug-likeness (QED) is 0.0195. The molecule has 0 aromatic rings. The minimum atomic E-state index is -1.62. The number of hydrogen-bond donors (Lipinski definition) is 6. The largest absolute Gasteiger partial charge is 0.454 e. The summed E-state index contributed by atoms with van der Waals surface area (Å²) in [6.07, 6.45) is 71.5. The second-order valence-electron chi connectivity index (χ2n) is 23.9. The average Bonchev–Trinajstić information content (AvgIpc) is 2.50. The average molecular weight is 1190 g/mol. The van der Waals surface area contributed by atoms with Crippen LogP contribution in [0.1, 0.15) is 297 Å². The predicted octanol–water partition coefficient (Wildman–Crippen LogP) is 17.8. The molecule has 0 radical (unpaired) electrons. The van der Waals surface area contributed by atoms with Crippen molar-refractivity contribution in [1.29, 1.82) is 0 Å². The highest BCUT2D eigenvalue weighted by Gasteiger charge is 2.47. The van der Waals surface area contributed by atoms with Crippen molar-refractivity contribution in [3.05, 3.63) is 97.2 Å². The number of unbranched alkanes of at least 4 members (excludes halogenated alkanes) is 31. The molecule has 11 nitrogen and oxygen atoms in total. The number of hydrogen-bond acceptors (Lipinski definition) is 10. The first kappa shape index (κ1) is 79.6. The predicted molar refractivity (Wildman–Crippen MR) is 356 cm³/mol. The van der Waals surface area contributed by atoms with Gasteiger partial charge in [-0.15, -0.1) is 0 Å². The molecule has 490 valence electrons. The Morgan fingerprint density at radius 1 is 0.459 bits per heavy atom. The van der Waals surface area contributed by atoms with E-state index in [9.17, 15) is 35.1 Å². The Morgan fingerprint density at radius 2 is 0.812 bits per heavy atom. The second-order valence-corrected chi connectivity index (χ2v) is 23.9. The molecular formula is C74H129NO10. The van der Waals surface area contributed by atoms with Crippen molar-refractivity contribution < 1.29 is 49.3 Å². The Bertz CT molecular complexity index is 1750. The molecule has 6 N–H and O–H groups in total. The zero-order valence-electron chi connectivity index (χ0n) is 54.5. The first-order valence-electron chi connectivity index (χ1n) is 35.0. The monoisotopic (exact) mass is 1190 g/mol. The molecule has 0 aromatic heterocycles. The number of ether oxygens (including phenoxy) is 3. The molecule has 85 heavy (non-hydrogen) atoms. The molecule has 1 saturated heterocycles. The third-order valence-electron chi connectivity index (χ3n) is 16.0. The van der Waals surface area contributed by atoms with Gasteiger partial charge in [0.1, 0.15) is 24.4 Å². The van der Waals surface area contributed by atoms with E-state index in [1.54, 1.807) is 6.08 Å². The number of esters is 1. The number of allylic oxidation sites excluding steroid dienone is 15. The highest BCUT2D eigenvalue weighted by molar-refractivity contribution is 5.80. The normalized spacial score (nSPS) is 19.0. The van der Waals surface area contributed by atoms with Crippen molar-refractivity contribution in [2.45, 2.75) is 346 Å². The van der Waals surface area contributed by atoms with Crippen LogP contribution in [0.15, 0.2) is 97.2 Å². The molecule has 0 aliphatic carbocycles. The van der Waals surface area contributed by atoms with E-state index in [1.165, 1.54) is 148 Å². The molecule has 0 aromatic carbocycles. The molecule has 8 atom stereocenters. The number of nitrogens with one attached hydrogen (secondary N) is 1. The minimum absolute atomic E-state index is 0.113. The highest BCUT2D eigenvalue weighted by Crippen LogP contribution is 2.26. The van der Waals surface area contributed by atoms with Gasteiger partial charge < -0.3 is 45.1 Å². The van der Waals surface area contributed by atoms with Gasteiger partial charge >= 0.3 is 5.97 Å². The zero-order chi connectivity index (χ0) is 61.7. The molecule has 8 unspecified atom stereocenters. The third-order valence-corrected chi connectivity index (χ3v) is 16.0. The number of amides is 1. The van der Waals surface area contributed by atoms with Crippen LogP contribution in [-0.2, 0) is 23.8 Å². The lowest BCUT2D eigenvalue weighted by molar-refractivity contribution is -0.305. The molecule has 1 aliphatic rings. The van der Waals surface area contributed by atoms with E-state index in [4.69, 9.17) is 14.2 Å². The summed E-state index contributed by atoms with van der Waals surface area (Å²) >= 11 is 0. The Labute approximate surface area is 520 Å². The number of carbonyl (C=O) groups excluding carboxylic acids is 2. The van der Waals surface area contributed by atoms with Crippen LogP contribution in [0.2, 0.25) is 0 Å². The van der Waals surface area contributed by atoms with Crippen molar-refractivity contribution in [2.24, 2.45) is 0 Å². The van der Waals surface area contributed by atoms with E-state index in [0.29, 0.717) is 12.8 Å². The van der Waals surface area contributed by atoms with Crippen LogP contribution in [0.25, 0.3) is 0 Å². The number of aliphatic hydroxyl groups is 5. The van der Waals surface area contributed by atoms with Gasteiger partial charge in [0, 0.05) is 6.42 Å². The van der Waals surface area contributed by atoms with Gasteiger partial charge in [-0.05, 0) is 109 Å². The standard InChI is InChI=1S/C74H129NO10/c1-4-7-10-13-16-19-22-25-27-29-30-31-32-33-34-35-36-37-38-39-41-44-47-50-53-56-59-62-69(79)85-72-71(81)70(80)68(63-76)84-74(72)83-64-65(66(77)60-57-54-51-48-45-42-24-21-18-15-12-9-6-3)75-73(82)67(78)61-58-55-52-49-46-43-40-28-26-23-20-17-14-11-8-5-2/h16-17,19-20,25-28,30-31,33-34,43,46,57,60,65-68,70-72,74,76-78,80-81H,4-15,18,21-24,29,32,35-42,44-45,47-56,58-59,61-64H2,1-3H3,(H,75,82)/b19-16-,20-17-,27-25-,28-26-,31-30-,34-33-,46-43-,60-57+. The molecule has 1 amide bonds. The van der Waals surface area contributed by atoms with Gasteiger partial charge in [-0.3, -0.25) is 9.59 Å². The third kappa shape index (κ3) is 48.2. The lowest BCUT2D eigenvalue weighted by atomic mass is 9.99. The van der Waals surface area contributed by atoms with Crippen molar-refractivity contribution >= 4 is 11.9 Å². The molecule has 0 saturated carbocycles. The van der Waals surface area contributed by atoms with Crippen molar-refractivity contribution in [1.82, 2.24) is 5.32 Å². The molecule has 1 rings (SSSR count). The summed E-state index contributed by atoms with van der Waals surface area (Å²) in [7, 11) is 0. The summed E-state index contributed by atoms with van der Waals surface area (Å²) in [6.45, 7) is 5.74. The molecule has 1 heterocycles. The Balaban J connectivity index is 2.59. The second kappa shape index (κ2) is 60.8. The first-order chi connectivity index (χ1) is 41.7. The molecule has 11 heteroatoms. The number of rotatable bonds is 59. The van der Waals surface area contributed by atoms with Gasteiger partial charge in [-0.1, -0.05) is 279 Å². The lowest BCUT2D eigenvalue weighted by Gasteiger charge is -2.41. The van der Waals surface area contributed by atoms with E-state index in [1.807, 2.05) is 6.08 Å². The minimum Gasteiger partial charge on any atom is -0.454 e. The van der Waals surface area contributed by atoms with Gasteiger partial charge in [0.2, 0.25) is 5.91 Å². The van der Waals surface area contributed by atoms with Crippen LogP contribution in [0.5, 0.6) is 0 Å². The first-order valence-corrected chi connectivity index (χ1v) is 35.0. The van der Waals surface area contributed by atoms with Gasteiger partial charge in [-0.25, -0.2) is 0 Å². The fourth-order valence-electron chi connectivity index (χ4n) is 10.4. The maximum Gasteiger partial charge on any atom is 0.306 e. The molecule has 0 bridgehead atoms. The summed E-state index contributed by atoms with van der Waals surface area (Å²) in [5.41, 5.74) is 0. The molecule has 1 fully saturated rings. The molecule has 1 aliphatic heterocycles. The Kier molecular flexibility index (Phi) is 57.0. The van der Waals surface area contributed by atoms with Gasteiger partial charge in [0.15, 0.2) is 12.4 Å². The smallest absolute Gasteiger partial charge is 0.306 e. The van der Waals surface area contributed by atoms with Crippen molar-refractivity contribution in [2.75, 3.05) is 13.2 Å². The van der Waals surface area contributed by atoms with Crippen molar-refractivity contribution in [3.8, 4) is 0 Å². The van der Waals surface area contributed by atoms with Crippen LogP contribution in [0.3, 0.4) is 0 Å². The summed E-state index contributed by atoms with van der Waals surface area (Å²) in [4.78, 5) is 26.7.